The van der Waals surface area contributed by atoms with Gasteiger partial charge in [0.25, 0.3) is 0 Å². The van der Waals surface area contributed by atoms with Crippen LogP contribution in [0.4, 0.5) is 5.13 Å². The number of rotatable bonds is 19. The number of unbranched alkanes of at least 4 members (excludes halogenated alkanes) is 3. The van der Waals surface area contributed by atoms with E-state index in [9.17, 15) is 29.2 Å². The van der Waals surface area contributed by atoms with Crippen molar-refractivity contribution in [2.24, 2.45) is 28.8 Å². The molecule has 1 N–H and O–H groups in total. The van der Waals surface area contributed by atoms with E-state index in [2.05, 4.69) is 16.7 Å². The van der Waals surface area contributed by atoms with Crippen molar-refractivity contribution < 1.29 is 57.6 Å². The fourth-order valence-electron chi connectivity index (χ4n) is 7.37. The summed E-state index contributed by atoms with van der Waals surface area (Å²) >= 11 is 1.23. The Bertz CT molecular complexity index is 2170. The summed E-state index contributed by atoms with van der Waals surface area (Å²) in [7, 11) is 1.35. The summed E-state index contributed by atoms with van der Waals surface area (Å²) in [5.41, 5.74) is 0.952. The van der Waals surface area contributed by atoms with E-state index in [0.29, 0.717) is 86.8 Å². The zero-order valence-electron chi connectivity index (χ0n) is 34.6. The third-order valence-electron chi connectivity index (χ3n) is 10.9. The monoisotopic (exact) mass is 869 g/mol. The Labute approximate surface area is 363 Å². The highest BCUT2D eigenvalue weighted by atomic mass is 32.1. The van der Waals surface area contributed by atoms with Crippen molar-refractivity contribution in [2.75, 3.05) is 25.5 Å². The molecule has 1 heterocycles. The number of esters is 5. The third-order valence-corrected chi connectivity index (χ3v) is 11.9. The van der Waals surface area contributed by atoms with Crippen LogP contribution in [0.2, 0.25) is 0 Å². The van der Waals surface area contributed by atoms with Gasteiger partial charge in [-0.15, -0.1) is 5.17 Å². The van der Waals surface area contributed by atoms with Crippen molar-refractivity contribution in [3.63, 3.8) is 0 Å². The molecule has 15 nitrogen and oxygen atoms in total. The minimum Gasteiger partial charge on any atom is -0.494 e. The standard InChI is InChI=1S/C46H51N3O12S/c1-3-41(50)58-27-9-5-4-8-26-57-35-20-22-36(23-21-35)59-43(52)31-16-18-32(19-17-31)44(53)60-37-24-25-39(61-45(54)33-14-12-30(13-15-33)42(51)56-2)34(28-37)29-47-49(55)46-48-38-10-6-7-11-40(38)62-46/h3,6-7,10-11,20-25,28-33,55H,1,4-5,8-9,12-19,26-27H2,2H3/b47-29+/t30-,31-,32-,33-. The van der Waals surface area contributed by atoms with Gasteiger partial charge in [-0.1, -0.05) is 30.0 Å². The fourth-order valence-corrected chi connectivity index (χ4v) is 8.20. The minimum atomic E-state index is -0.470. The normalized spacial score (nSPS) is 18.7. The summed E-state index contributed by atoms with van der Waals surface area (Å²) in [6.07, 6.45) is 9.61. The Morgan fingerprint density at radius 2 is 1.27 bits per heavy atom. The zero-order chi connectivity index (χ0) is 43.8. The first-order chi connectivity index (χ1) is 30.1. The Morgan fingerprint density at radius 3 is 1.89 bits per heavy atom. The molecule has 0 bridgehead atoms. The second-order valence-corrected chi connectivity index (χ2v) is 16.2. The van der Waals surface area contributed by atoms with Gasteiger partial charge in [0, 0.05) is 11.6 Å². The summed E-state index contributed by atoms with van der Waals surface area (Å²) in [4.78, 5) is 67.2. The molecule has 0 unspecified atom stereocenters. The first kappa shape index (κ1) is 45.4. The van der Waals surface area contributed by atoms with Gasteiger partial charge in [0.15, 0.2) is 0 Å². The largest absolute Gasteiger partial charge is 0.494 e. The average Bonchev–Trinajstić information content (AvgIpc) is 3.75. The molecule has 6 rings (SSSR count). The van der Waals surface area contributed by atoms with Gasteiger partial charge in [0.2, 0.25) is 5.13 Å². The topological polar surface area (TPSA) is 189 Å². The molecular formula is C46H51N3O12S. The molecule has 62 heavy (non-hydrogen) atoms. The molecule has 3 aromatic carbocycles. The number of fused-ring (bicyclic) bond motifs is 1. The Morgan fingerprint density at radius 1 is 0.726 bits per heavy atom. The van der Waals surface area contributed by atoms with E-state index < -0.39 is 29.7 Å². The number of anilines is 1. The number of methoxy groups -OCH3 is 1. The van der Waals surface area contributed by atoms with E-state index in [4.69, 9.17) is 28.4 Å². The molecule has 0 spiro atoms. The smallest absolute Gasteiger partial charge is 0.330 e. The lowest BCUT2D eigenvalue weighted by molar-refractivity contribution is -0.149. The summed E-state index contributed by atoms with van der Waals surface area (Å²) in [6.45, 7) is 4.28. The van der Waals surface area contributed by atoms with Crippen molar-refractivity contribution in [3.05, 3.63) is 84.9 Å². The summed E-state index contributed by atoms with van der Waals surface area (Å²) in [6, 6.07) is 18.8. The van der Waals surface area contributed by atoms with E-state index in [-0.39, 0.29) is 46.0 Å². The maximum Gasteiger partial charge on any atom is 0.330 e. The third kappa shape index (κ3) is 12.9. The fraction of sp³-hybridized carbons (Fsp3) is 0.413. The van der Waals surface area contributed by atoms with Crippen LogP contribution in [-0.2, 0) is 33.4 Å². The Kier molecular flexibility index (Phi) is 16.6. The van der Waals surface area contributed by atoms with E-state index >= 15 is 0 Å². The lowest BCUT2D eigenvalue weighted by Crippen LogP contribution is -2.30. The molecule has 2 aliphatic rings. The quantitative estimate of drug-likeness (QED) is 0.0236. The summed E-state index contributed by atoms with van der Waals surface area (Å²) in [5, 5.41) is 15.8. The number of hydrogen-bond donors (Lipinski definition) is 1. The van der Waals surface area contributed by atoms with Gasteiger partial charge in [-0.2, -0.15) is 5.10 Å². The number of carbonyl (C=O) groups excluding carboxylic acids is 5. The van der Waals surface area contributed by atoms with Gasteiger partial charge in [-0.05, 0) is 132 Å². The highest BCUT2D eigenvalue weighted by Gasteiger charge is 2.34. The SMILES string of the molecule is C=CC(=O)OCCCCCCOc1ccc(OC(=O)[C@H]2CC[C@H](C(=O)Oc3ccc(OC(=O)[C@H]4CC[C@H](C(=O)OC)CC4)c(/C=N/N(O)c4nc5ccccc5s4)c3)CC2)cc1. The van der Waals surface area contributed by atoms with Gasteiger partial charge < -0.3 is 28.4 Å². The number of hydrogen-bond acceptors (Lipinski definition) is 16. The molecule has 0 saturated heterocycles. The van der Waals surface area contributed by atoms with Crippen LogP contribution in [0.25, 0.3) is 10.2 Å². The second-order valence-electron chi connectivity index (χ2n) is 15.2. The molecule has 16 heteroatoms. The van der Waals surface area contributed by atoms with Gasteiger partial charge in [-0.3, -0.25) is 24.4 Å². The highest BCUT2D eigenvalue weighted by Crippen LogP contribution is 2.35. The van der Waals surface area contributed by atoms with Crippen molar-refractivity contribution in [1.82, 2.24) is 4.98 Å². The van der Waals surface area contributed by atoms with Gasteiger partial charge in [0.05, 0.1) is 60.4 Å². The molecule has 4 aromatic rings. The molecule has 2 fully saturated rings. The Hall–Kier alpha value is -6.13. The predicted octanol–water partition coefficient (Wildman–Crippen LogP) is 8.40. The number of para-hydroxylation sites is 1. The van der Waals surface area contributed by atoms with Crippen molar-refractivity contribution in [2.45, 2.75) is 77.0 Å². The van der Waals surface area contributed by atoms with Gasteiger partial charge in [0.1, 0.15) is 23.0 Å². The number of aromatic nitrogens is 1. The first-order valence-electron chi connectivity index (χ1n) is 20.9. The van der Waals surface area contributed by atoms with Crippen molar-refractivity contribution >= 4 is 62.7 Å². The number of carbonyl (C=O) groups is 5. The van der Waals surface area contributed by atoms with Crippen LogP contribution in [-0.4, -0.2) is 66.6 Å². The molecule has 2 saturated carbocycles. The molecular weight excluding hydrogens is 819 g/mol. The summed E-state index contributed by atoms with van der Waals surface area (Å²) in [5.74, 6) is -2.12. The van der Waals surface area contributed by atoms with E-state index in [0.717, 1.165) is 36.5 Å². The predicted molar refractivity (Wildman–Crippen MR) is 229 cm³/mol. The van der Waals surface area contributed by atoms with Crippen LogP contribution in [0.5, 0.6) is 23.0 Å². The number of benzene rings is 3. The maximum absolute atomic E-state index is 13.4. The van der Waals surface area contributed by atoms with Crippen LogP contribution in [0, 0.1) is 23.7 Å². The number of hydrazone groups is 1. The van der Waals surface area contributed by atoms with Crippen LogP contribution < -0.4 is 24.1 Å². The molecule has 1 aromatic heterocycles. The minimum absolute atomic E-state index is 0.140. The lowest BCUT2D eigenvalue weighted by Gasteiger charge is -2.26. The average molecular weight is 870 g/mol. The molecule has 328 valence electrons. The van der Waals surface area contributed by atoms with Crippen molar-refractivity contribution in [1.29, 1.82) is 0 Å². The van der Waals surface area contributed by atoms with Crippen molar-refractivity contribution in [3.8, 4) is 23.0 Å². The van der Waals surface area contributed by atoms with Gasteiger partial charge >= 0.3 is 29.8 Å². The number of thiazole rings is 1. The first-order valence-corrected chi connectivity index (χ1v) is 21.7. The molecule has 0 aliphatic heterocycles. The highest BCUT2D eigenvalue weighted by molar-refractivity contribution is 7.22. The Balaban J connectivity index is 0.996. The van der Waals surface area contributed by atoms with E-state index in [1.807, 2.05) is 24.3 Å². The molecule has 0 atom stereocenters. The van der Waals surface area contributed by atoms with E-state index in [1.165, 1.54) is 42.9 Å². The molecule has 2 aliphatic carbocycles. The summed E-state index contributed by atoms with van der Waals surface area (Å²) < 4.78 is 33.8. The maximum atomic E-state index is 13.4. The second kappa shape index (κ2) is 22.6. The van der Waals surface area contributed by atoms with Gasteiger partial charge in [-0.25, -0.2) is 9.78 Å². The molecule has 0 amide bonds. The van der Waals surface area contributed by atoms with E-state index in [1.54, 1.807) is 24.3 Å². The van der Waals surface area contributed by atoms with Crippen LogP contribution >= 0.6 is 11.3 Å². The number of ether oxygens (including phenoxy) is 6. The molecule has 0 radical (unpaired) electrons. The number of nitrogens with zero attached hydrogens (tertiary/aromatic N) is 3. The zero-order valence-corrected chi connectivity index (χ0v) is 35.4. The van der Waals surface area contributed by atoms with Crippen LogP contribution in [0.3, 0.4) is 0 Å². The van der Waals surface area contributed by atoms with Crippen LogP contribution in [0.1, 0.15) is 82.6 Å². The van der Waals surface area contributed by atoms with Crippen LogP contribution in [0.15, 0.2) is 84.5 Å². The lowest BCUT2D eigenvalue weighted by atomic mass is 9.82.